The van der Waals surface area contributed by atoms with Gasteiger partial charge in [-0.2, -0.15) is 0 Å². The zero-order chi connectivity index (χ0) is 27.0. The minimum absolute atomic E-state index is 0.0770. The average molecular weight is 511 g/mol. The molecule has 0 heterocycles. The summed E-state index contributed by atoms with van der Waals surface area (Å²) in [5.74, 6) is 0.921. The monoisotopic (exact) mass is 510 g/mol. The fourth-order valence-corrected chi connectivity index (χ4v) is 5.60. The van der Waals surface area contributed by atoms with Crippen LogP contribution in [0, 0.1) is 28.1 Å². The summed E-state index contributed by atoms with van der Waals surface area (Å²) in [6.07, 6.45) is 6.79. The van der Waals surface area contributed by atoms with Crippen LogP contribution in [0.5, 0.6) is 0 Å². The van der Waals surface area contributed by atoms with E-state index in [1.807, 2.05) is 20.8 Å². The number of carbonyl (C=O) groups excluding carboxylic acids is 2. The quantitative estimate of drug-likeness (QED) is 0.148. The first kappa shape index (κ1) is 30.8. The summed E-state index contributed by atoms with van der Waals surface area (Å²) in [7, 11) is 1.56. The van der Waals surface area contributed by atoms with Crippen molar-refractivity contribution in [1.29, 1.82) is 0 Å². The number of ether oxygens (including phenoxy) is 5. The second kappa shape index (κ2) is 13.4. The molecular formula is C29H50O7. The Morgan fingerprint density at radius 3 is 2.33 bits per heavy atom. The summed E-state index contributed by atoms with van der Waals surface area (Å²) in [5.41, 5.74) is 0.410. The van der Waals surface area contributed by atoms with Crippen LogP contribution in [0.3, 0.4) is 0 Å². The number of allylic oxidation sites excluding steroid dienone is 1. The van der Waals surface area contributed by atoms with Crippen LogP contribution in [-0.2, 0) is 33.3 Å². The Kier molecular flexibility index (Phi) is 11.4. The van der Waals surface area contributed by atoms with Crippen LogP contribution in [0.4, 0.5) is 0 Å². The molecule has 0 saturated heterocycles. The summed E-state index contributed by atoms with van der Waals surface area (Å²) in [4.78, 5) is 25.3. The van der Waals surface area contributed by atoms with E-state index in [0.29, 0.717) is 44.7 Å². The van der Waals surface area contributed by atoms with Gasteiger partial charge >= 0.3 is 11.9 Å². The molecule has 0 aromatic rings. The fraction of sp³-hybridized carbons (Fsp3) is 0.862. The van der Waals surface area contributed by atoms with Crippen molar-refractivity contribution >= 4 is 11.9 Å². The lowest BCUT2D eigenvalue weighted by atomic mass is 9.48. The predicted octanol–water partition coefficient (Wildman–Crippen LogP) is 5.36. The molecule has 3 aliphatic rings. The van der Waals surface area contributed by atoms with E-state index in [2.05, 4.69) is 19.9 Å². The van der Waals surface area contributed by atoms with E-state index in [1.165, 1.54) is 12.8 Å². The number of methoxy groups -OCH3 is 1. The van der Waals surface area contributed by atoms with Gasteiger partial charge in [-0.25, -0.2) is 0 Å². The minimum atomic E-state index is -0.831. The van der Waals surface area contributed by atoms with Gasteiger partial charge in [0.2, 0.25) is 0 Å². The molecule has 3 rings (SSSR count). The van der Waals surface area contributed by atoms with Crippen LogP contribution in [0.1, 0.15) is 80.6 Å². The molecule has 0 N–H and O–H groups in total. The van der Waals surface area contributed by atoms with Gasteiger partial charge in [0, 0.05) is 7.11 Å². The predicted molar refractivity (Wildman–Crippen MR) is 140 cm³/mol. The third kappa shape index (κ3) is 8.03. The molecule has 1 saturated carbocycles. The summed E-state index contributed by atoms with van der Waals surface area (Å²) >= 11 is 0. The zero-order valence-electron chi connectivity index (χ0n) is 23.9. The van der Waals surface area contributed by atoms with Crippen molar-refractivity contribution in [3.8, 4) is 0 Å². The number of esters is 2. The van der Waals surface area contributed by atoms with Crippen LogP contribution < -0.4 is 0 Å². The Bertz CT molecular complexity index is 757. The first-order valence-corrected chi connectivity index (χ1v) is 13.6. The highest BCUT2D eigenvalue weighted by molar-refractivity contribution is 5.80. The summed E-state index contributed by atoms with van der Waals surface area (Å²) < 4.78 is 27.4. The molecule has 0 spiro atoms. The fourth-order valence-electron chi connectivity index (χ4n) is 5.60. The van der Waals surface area contributed by atoms with E-state index in [-0.39, 0.29) is 31.3 Å². The van der Waals surface area contributed by atoms with Gasteiger partial charge in [-0.15, -0.1) is 0 Å². The van der Waals surface area contributed by atoms with Crippen LogP contribution >= 0.6 is 0 Å². The zero-order valence-corrected chi connectivity index (χ0v) is 23.9. The molecule has 0 aromatic heterocycles. The maximum absolute atomic E-state index is 12.7. The highest BCUT2D eigenvalue weighted by Crippen LogP contribution is 2.59. The molecule has 0 aliphatic heterocycles. The Morgan fingerprint density at radius 2 is 1.72 bits per heavy atom. The van der Waals surface area contributed by atoms with Crippen molar-refractivity contribution in [3.05, 3.63) is 11.6 Å². The van der Waals surface area contributed by atoms with Gasteiger partial charge in [-0.3, -0.25) is 9.59 Å². The third-order valence-electron chi connectivity index (χ3n) is 8.37. The first-order valence-electron chi connectivity index (χ1n) is 13.6. The van der Waals surface area contributed by atoms with E-state index in [9.17, 15) is 9.59 Å². The van der Waals surface area contributed by atoms with Gasteiger partial charge in [0.15, 0.2) is 0 Å². The third-order valence-corrected chi connectivity index (χ3v) is 8.37. The van der Waals surface area contributed by atoms with Crippen molar-refractivity contribution < 1.29 is 33.3 Å². The largest absolute Gasteiger partial charge is 0.463 e. The molecule has 2 bridgehead atoms. The van der Waals surface area contributed by atoms with Crippen molar-refractivity contribution in [2.75, 3.05) is 46.8 Å². The van der Waals surface area contributed by atoms with E-state index >= 15 is 0 Å². The van der Waals surface area contributed by atoms with Crippen LogP contribution in [0.15, 0.2) is 11.6 Å². The van der Waals surface area contributed by atoms with Gasteiger partial charge in [-0.1, -0.05) is 32.4 Å². The number of hydrogen-bond acceptors (Lipinski definition) is 7. The van der Waals surface area contributed by atoms with Gasteiger partial charge in [0.05, 0.1) is 43.4 Å². The summed E-state index contributed by atoms with van der Waals surface area (Å²) in [6.45, 7) is 16.4. The average Bonchev–Trinajstić information content (AvgIpc) is 2.83. The lowest BCUT2D eigenvalue weighted by Crippen LogP contribution is -2.48. The second-order valence-corrected chi connectivity index (χ2v) is 12.1. The highest BCUT2D eigenvalue weighted by atomic mass is 16.6. The van der Waals surface area contributed by atoms with Gasteiger partial charge in [0.1, 0.15) is 13.2 Å². The summed E-state index contributed by atoms with van der Waals surface area (Å²) in [5, 5.41) is 0. The number of fused-ring (bicyclic) bond motifs is 1. The van der Waals surface area contributed by atoms with Crippen molar-refractivity contribution in [2.45, 2.75) is 86.7 Å². The standard InChI is InChI=1S/C29H50O7/c1-9-29(7,26(31)36-15-14-32-8)20-27(3,4)25(30)35-17-16-34-21(2)19-33-13-12-22-10-11-23-18-24(22)28(23,5)6/h10,21,23-24H,9,11-20H2,1-8H3. The van der Waals surface area contributed by atoms with E-state index in [1.54, 1.807) is 26.5 Å². The van der Waals surface area contributed by atoms with Crippen LogP contribution in [0.2, 0.25) is 0 Å². The van der Waals surface area contributed by atoms with Gasteiger partial charge in [0.25, 0.3) is 0 Å². The molecule has 3 aliphatic carbocycles. The first-order chi connectivity index (χ1) is 16.9. The van der Waals surface area contributed by atoms with E-state index < -0.39 is 10.8 Å². The maximum atomic E-state index is 12.7. The molecule has 0 amide bonds. The number of hydrogen-bond donors (Lipinski definition) is 0. The topological polar surface area (TPSA) is 80.3 Å². The minimum Gasteiger partial charge on any atom is -0.463 e. The SMILES string of the molecule is CCC(C)(CC(C)(C)C(=O)OCCOC(C)COCCC1=CCC2CC1C2(C)C)C(=O)OCCOC. The Balaban J connectivity index is 1.63. The van der Waals surface area contributed by atoms with Crippen molar-refractivity contribution in [2.24, 2.45) is 28.1 Å². The second-order valence-electron chi connectivity index (χ2n) is 12.1. The Hall–Kier alpha value is -1.44. The highest BCUT2D eigenvalue weighted by Gasteiger charge is 2.50. The normalized spacial score (nSPS) is 23.2. The molecule has 208 valence electrons. The van der Waals surface area contributed by atoms with Crippen molar-refractivity contribution in [3.63, 3.8) is 0 Å². The Labute approximate surface area is 218 Å². The molecule has 4 unspecified atom stereocenters. The van der Waals surface area contributed by atoms with E-state index in [4.69, 9.17) is 23.7 Å². The Morgan fingerprint density at radius 1 is 1.06 bits per heavy atom. The molecule has 0 aromatic carbocycles. The smallest absolute Gasteiger partial charge is 0.311 e. The lowest BCUT2D eigenvalue weighted by Gasteiger charge is -2.56. The number of rotatable bonds is 17. The maximum Gasteiger partial charge on any atom is 0.311 e. The number of carbonyl (C=O) groups is 2. The molecular weight excluding hydrogens is 460 g/mol. The molecule has 0 radical (unpaired) electrons. The van der Waals surface area contributed by atoms with Crippen LogP contribution in [0.25, 0.3) is 0 Å². The van der Waals surface area contributed by atoms with Gasteiger partial charge in [-0.05, 0) is 77.0 Å². The molecule has 1 fully saturated rings. The molecule has 7 heteroatoms. The van der Waals surface area contributed by atoms with Gasteiger partial charge < -0.3 is 23.7 Å². The van der Waals surface area contributed by atoms with Crippen molar-refractivity contribution in [1.82, 2.24) is 0 Å². The molecule has 7 nitrogen and oxygen atoms in total. The summed E-state index contributed by atoms with van der Waals surface area (Å²) in [6, 6.07) is 0. The molecule has 4 atom stereocenters. The lowest BCUT2D eigenvalue weighted by molar-refractivity contribution is -0.165. The van der Waals surface area contributed by atoms with E-state index in [0.717, 1.165) is 18.3 Å². The molecule has 36 heavy (non-hydrogen) atoms. The van der Waals surface area contributed by atoms with Crippen LogP contribution in [-0.4, -0.2) is 64.8 Å².